The summed E-state index contributed by atoms with van der Waals surface area (Å²) in [4.78, 5) is 60.1. The topological polar surface area (TPSA) is 128 Å². The SMILES string of the molecule is [2H]C([2H])([2H])N(C([2H])([2H])[2H])C12CCC(N(C)C(=O)C(=O)N(C)C)(CC1)c1nc(C(=O)NCc3ccc(F)c(C)c3)c(O)c(=O)n1C2. The number of likely N-dealkylation sites (N-methyl/N-ethyl adjacent to an activating group) is 3. The lowest BCUT2D eigenvalue weighted by Crippen LogP contribution is -2.56. The first-order chi connectivity index (χ1) is 20.7. The van der Waals surface area contributed by atoms with Crippen LogP contribution in [0.5, 0.6) is 5.75 Å². The van der Waals surface area contributed by atoms with E-state index in [1.165, 1.54) is 39.3 Å². The summed E-state index contributed by atoms with van der Waals surface area (Å²) in [6.45, 7) is -5.37. The Hall–Kier alpha value is -3.80. The summed E-state index contributed by atoms with van der Waals surface area (Å²) >= 11 is 0. The molecule has 3 aliphatic rings. The predicted octanol–water partition coefficient (Wildman–Crippen LogP) is 0.956. The highest BCUT2D eigenvalue weighted by Gasteiger charge is 2.55. The normalized spacial score (nSPS) is 24.7. The van der Waals surface area contributed by atoms with Crippen LogP contribution in [0.3, 0.4) is 0 Å². The van der Waals surface area contributed by atoms with E-state index in [0.717, 1.165) is 14.4 Å². The highest BCUT2D eigenvalue weighted by atomic mass is 19.1. The number of rotatable bonds is 5. The van der Waals surface area contributed by atoms with Crippen LogP contribution in [0, 0.1) is 12.7 Å². The van der Waals surface area contributed by atoms with Crippen molar-refractivity contribution in [3.8, 4) is 5.75 Å². The Morgan fingerprint density at radius 3 is 2.41 bits per heavy atom. The quantitative estimate of drug-likeness (QED) is 0.533. The number of amides is 3. The van der Waals surface area contributed by atoms with E-state index >= 15 is 0 Å². The van der Waals surface area contributed by atoms with Crippen LogP contribution >= 0.6 is 0 Å². The summed E-state index contributed by atoms with van der Waals surface area (Å²) in [5.74, 6) is -4.58. The maximum absolute atomic E-state index is 13.8. The second-order valence-corrected chi connectivity index (χ2v) is 10.4. The maximum atomic E-state index is 13.8. The van der Waals surface area contributed by atoms with Gasteiger partial charge in [0.2, 0.25) is 5.75 Å². The van der Waals surface area contributed by atoms with Crippen LogP contribution in [-0.4, -0.2) is 87.7 Å². The molecule has 0 saturated heterocycles. The first-order valence-corrected chi connectivity index (χ1v) is 12.3. The van der Waals surface area contributed by atoms with E-state index < -0.39 is 72.1 Å². The van der Waals surface area contributed by atoms with Gasteiger partial charge < -0.3 is 25.1 Å². The van der Waals surface area contributed by atoms with Gasteiger partial charge in [-0.3, -0.25) is 23.7 Å². The number of benzene rings is 1. The van der Waals surface area contributed by atoms with Crippen LogP contribution in [0.15, 0.2) is 23.0 Å². The number of carbonyl (C=O) groups is 3. The molecule has 2 bridgehead atoms. The van der Waals surface area contributed by atoms with E-state index in [4.69, 9.17) is 8.22 Å². The third-order valence-electron chi connectivity index (χ3n) is 7.92. The van der Waals surface area contributed by atoms with Gasteiger partial charge in [0.25, 0.3) is 11.5 Å². The molecule has 3 heterocycles. The fourth-order valence-electron chi connectivity index (χ4n) is 5.40. The van der Waals surface area contributed by atoms with Crippen LogP contribution < -0.4 is 10.9 Å². The van der Waals surface area contributed by atoms with Crippen LogP contribution in [0.2, 0.25) is 0 Å². The molecule has 1 saturated carbocycles. The van der Waals surface area contributed by atoms with Crippen molar-refractivity contribution in [3.05, 3.63) is 57.0 Å². The molecule has 3 amide bonds. The van der Waals surface area contributed by atoms with Crippen molar-refractivity contribution < 1.29 is 32.1 Å². The molecule has 1 fully saturated rings. The molecule has 39 heavy (non-hydrogen) atoms. The van der Waals surface area contributed by atoms with Gasteiger partial charge in [0.05, 0.1) is 0 Å². The molecule has 2 aliphatic heterocycles. The predicted molar refractivity (Wildman–Crippen MR) is 140 cm³/mol. The molecule has 1 aromatic carbocycles. The van der Waals surface area contributed by atoms with Gasteiger partial charge in [-0.2, -0.15) is 0 Å². The largest absolute Gasteiger partial charge is 0.501 e. The summed E-state index contributed by atoms with van der Waals surface area (Å²) in [5, 5.41) is 13.5. The maximum Gasteiger partial charge on any atom is 0.312 e. The number of carbonyl (C=O) groups excluding carboxylic acids is 3. The average Bonchev–Trinajstić information content (AvgIpc) is 3.16. The Morgan fingerprint density at radius 2 is 1.82 bits per heavy atom. The van der Waals surface area contributed by atoms with Crippen molar-refractivity contribution in [2.45, 2.75) is 56.8 Å². The van der Waals surface area contributed by atoms with E-state index in [-0.39, 0.29) is 38.1 Å². The van der Waals surface area contributed by atoms with Gasteiger partial charge in [0.1, 0.15) is 17.2 Å². The molecule has 0 radical (unpaired) electrons. The van der Waals surface area contributed by atoms with Gasteiger partial charge in [0, 0.05) is 48.0 Å². The minimum Gasteiger partial charge on any atom is -0.501 e. The first-order valence-electron chi connectivity index (χ1n) is 15.3. The summed E-state index contributed by atoms with van der Waals surface area (Å²) in [7, 11) is 4.05. The Balaban J connectivity index is 1.89. The fourth-order valence-corrected chi connectivity index (χ4v) is 5.40. The summed E-state index contributed by atoms with van der Waals surface area (Å²) in [6.07, 6.45) is -0.531. The third kappa shape index (κ3) is 4.66. The van der Waals surface area contributed by atoms with E-state index in [1.807, 2.05) is 0 Å². The summed E-state index contributed by atoms with van der Waals surface area (Å²) in [5.41, 5.74) is -4.23. The molecule has 0 unspecified atom stereocenters. The van der Waals surface area contributed by atoms with Gasteiger partial charge >= 0.3 is 11.8 Å². The standard InChI is InChI=1S/C27H35FN6O5/c1-16-13-17(7-8-18(16)28)14-29-21(36)19-20(35)22(37)34-15-26(32(4)5)9-11-27(12-10-26,25(34)30-19)33(6)24(39)23(38)31(2)3/h7-8,13,35H,9-12,14-15H2,1-6H3,(H,29,36)/i4D3,5D3. The lowest BCUT2D eigenvalue weighted by atomic mass is 9.72. The van der Waals surface area contributed by atoms with Gasteiger partial charge in [0.15, 0.2) is 5.69 Å². The molecule has 0 atom stereocenters. The number of halogens is 1. The molecule has 210 valence electrons. The van der Waals surface area contributed by atoms with Crippen molar-refractivity contribution >= 4 is 17.7 Å². The van der Waals surface area contributed by atoms with Gasteiger partial charge in [-0.05, 0) is 63.8 Å². The third-order valence-corrected chi connectivity index (χ3v) is 7.92. The summed E-state index contributed by atoms with van der Waals surface area (Å²) < 4.78 is 63.1. The monoisotopic (exact) mass is 548 g/mol. The van der Waals surface area contributed by atoms with Crippen molar-refractivity contribution in [1.82, 2.24) is 29.6 Å². The Labute approximate surface area is 234 Å². The van der Waals surface area contributed by atoms with Gasteiger partial charge in [-0.1, -0.05) is 12.1 Å². The number of nitrogens with zero attached hydrogens (tertiary/aromatic N) is 5. The molecular formula is C27H35FN6O5. The Kier molecular flexibility index (Phi) is 5.44. The van der Waals surface area contributed by atoms with Crippen LogP contribution in [0.4, 0.5) is 4.39 Å². The molecule has 11 nitrogen and oxygen atoms in total. The number of aromatic hydroxyl groups is 1. The highest BCUT2D eigenvalue weighted by molar-refractivity contribution is 6.34. The smallest absolute Gasteiger partial charge is 0.312 e. The van der Waals surface area contributed by atoms with Crippen molar-refractivity contribution in [2.24, 2.45) is 0 Å². The number of aromatic nitrogens is 2. The number of hydrogen-bond donors (Lipinski definition) is 2. The fraction of sp³-hybridized carbons (Fsp3) is 0.519. The molecular weight excluding hydrogens is 507 g/mol. The minimum atomic E-state index is -3.13. The molecule has 1 aromatic heterocycles. The lowest BCUT2D eigenvalue weighted by Gasteiger charge is -2.48. The Bertz CT molecular complexity index is 1590. The molecule has 2 aromatic rings. The molecule has 2 N–H and O–H groups in total. The van der Waals surface area contributed by atoms with Crippen molar-refractivity contribution in [3.63, 3.8) is 0 Å². The van der Waals surface area contributed by atoms with Crippen LogP contribution in [-0.2, 0) is 28.2 Å². The number of fused-ring (bicyclic) bond motifs is 2. The number of hydrogen-bond acceptors (Lipinski definition) is 7. The van der Waals surface area contributed by atoms with E-state index in [0.29, 0.717) is 16.0 Å². The van der Waals surface area contributed by atoms with Gasteiger partial charge in [-0.25, -0.2) is 9.37 Å². The molecule has 12 heteroatoms. The van der Waals surface area contributed by atoms with Crippen molar-refractivity contribution in [2.75, 3.05) is 35.1 Å². The lowest BCUT2D eigenvalue weighted by molar-refractivity contribution is -0.155. The molecule has 1 aliphatic carbocycles. The van der Waals surface area contributed by atoms with Gasteiger partial charge in [-0.15, -0.1) is 0 Å². The molecule has 5 rings (SSSR count). The van der Waals surface area contributed by atoms with E-state index in [2.05, 4.69) is 10.3 Å². The number of aryl methyl sites for hydroxylation is 1. The second-order valence-electron chi connectivity index (χ2n) is 10.4. The summed E-state index contributed by atoms with van der Waals surface area (Å²) in [6, 6.07) is 4.17. The highest BCUT2D eigenvalue weighted by Crippen LogP contribution is 2.49. The van der Waals surface area contributed by atoms with E-state index in [9.17, 15) is 28.7 Å². The van der Waals surface area contributed by atoms with E-state index in [1.54, 1.807) is 6.92 Å². The Morgan fingerprint density at radius 1 is 1.15 bits per heavy atom. The van der Waals surface area contributed by atoms with Crippen LogP contribution in [0.1, 0.15) is 61.3 Å². The zero-order chi connectivity index (χ0) is 33.9. The molecule has 0 spiro atoms. The number of nitrogens with one attached hydrogen (secondary N) is 1. The minimum absolute atomic E-state index is 0.115. The van der Waals surface area contributed by atoms with Crippen molar-refractivity contribution in [1.29, 1.82) is 0 Å². The second kappa shape index (κ2) is 10.1. The average molecular weight is 549 g/mol. The zero-order valence-corrected chi connectivity index (χ0v) is 22.2. The van der Waals surface area contributed by atoms with Crippen LogP contribution in [0.25, 0.3) is 0 Å². The first kappa shape index (κ1) is 21.1. The zero-order valence-electron chi connectivity index (χ0n) is 28.2.